The molecule has 204 valence electrons. The van der Waals surface area contributed by atoms with Crippen molar-refractivity contribution in [2.45, 2.75) is 127 Å². The van der Waals surface area contributed by atoms with Crippen LogP contribution in [0.25, 0.3) is 0 Å². The molecule has 4 aliphatic rings. The lowest BCUT2D eigenvalue weighted by atomic mass is 9.96. The van der Waals surface area contributed by atoms with Crippen molar-refractivity contribution in [2.24, 2.45) is 45.3 Å². The first-order valence-corrected chi connectivity index (χ1v) is 14.6. The quantitative estimate of drug-likeness (QED) is 0.232. The van der Waals surface area contributed by atoms with Crippen LogP contribution in [0.5, 0.6) is 0 Å². The zero-order valence-electron chi connectivity index (χ0n) is 25.4. The van der Waals surface area contributed by atoms with E-state index in [0.717, 1.165) is 37.5 Å². The molecule has 0 saturated heterocycles. The third-order valence-electron chi connectivity index (χ3n) is 9.98. The van der Waals surface area contributed by atoms with Crippen LogP contribution in [-0.4, -0.2) is 0 Å². The summed E-state index contributed by atoms with van der Waals surface area (Å²) in [5.41, 5.74) is 4.56. The van der Waals surface area contributed by atoms with Crippen LogP contribution in [0.1, 0.15) is 127 Å². The second-order valence-electron chi connectivity index (χ2n) is 14.9. The van der Waals surface area contributed by atoms with Crippen LogP contribution in [0.2, 0.25) is 0 Å². The Labute approximate surface area is 229 Å². The summed E-state index contributed by atoms with van der Waals surface area (Å²) >= 11 is 0. The number of nitriles is 3. The Kier molecular flexibility index (Phi) is 10.3. The van der Waals surface area contributed by atoms with Gasteiger partial charge in [-0.25, -0.2) is 0 Å². The van der Waals surface area contributed by atoms with Crippen molar-refractivity contribution >= 4 is 0 Å². The van der Waals surface area contributed by atoms with Crippen LogP contribution in [0.3, 0.4) is 0 Å². The molecule has 0 aromatic heterocycles. The summed E-state index contributed by atoms with van der Waals surface area (Å²) in [5.74, 6) is 2.56. The molecule has 4 rings (SSSR count). The van der Waals surface area contributed by atoms with Gasteiger partial charge < -0.3 is 0 Å². The molecule has 4 aliphatic carbocycles. The number of hydrogen-bond acceptors (Lipinski definition) is 3. The molecule has 0 amide bonds. The van der Waals surface area contributed by atoms with E-state index in [1.165, 1.54) is 49.7 Å². The molecule has 0 aromatic carbocycles. The number of allylic oxidation sites excluding steroid dienone is 4. The first-order valence-electron chi connectivity index (χ1n) is 14.6. The summed E-state index contributed by atoms with van der Waals surface area (Å²) in [6.45, 7) is 20.1. The second kappa shape index (κ2) is 12.2. The van der Waals surface area contributed by atoms with Crippen molar-refractivity contribution in [1.29, 1.82) is 15.8 Å². The summed E-state index contributed by atoms with van der Waals surface area (Å²) in [6, 6.07) is 6.81. The SMILES string of the molecule is C/C(=C/C#N)CCC1CC1(C)C.CC(C)=CCCC1(C)C[C@@H]1C#N.CC1(C)CC1CCC1(C)C[C@@H]1C#N. The molecule has 3 heteroatoms. The van der Waals surface area contributed by atoms with Gasteiger partial charge in [-0.05, 0) is 118 Å². The minimum Gasteiger partial charge on any atom is -0.198 e. The topological polar surface area (TPSA) is 71.4 Å². The zero-order valence-corrected chi connectivity index (χ0v) is 25.4. The van der Waals surface area contributed by atoms with Crippen LogP contribution >= 0.6 is 0 Å². The first-order chi connectivity index (χ1) is 17.1. The summed E-state index contributed by atoms with van der Waals surface area (Å²) in [4.78, 5) is 0. The zero-order chi connectivity index (χ0) is 28.1. The molecule has 0 bridgehead atoms. The third-order valence-corrected chi connectivity index (χ3v) is 9.98. The van der Waals surface area contributed by atoms with E-state index in [1.54, 1.807) is 6.08 Å². The van der Waals surface area contributed by atoms with Gasteiger partial charge in [-0.1, -0.05) is 58.8 Å². The second-order valence-corrected chi connectivity index (χ2v) is 14.9. The summed E-state index contributed by atoms with van der Waals surface area (Å²) in [6.07, 6.45) is 16.3. The molecule has 0 N–H and O–H groups in total. The van der Waals surface area contributed by atoms with Crippen molar-refractivity contribution in [3.63, 3.8) is 0 Å². The van der Waals surface area contributed by atoms with E-state index in [2.05, 4.69) is 79.7 Å². The molecule has 6 atom stereocenters. The molecular formula is C34H53N3. The average molecular weight is 504 g/mol. The van der Waals surface area contributed by atoms with Crippen molar-refractivity contribution < 1.29 is 0 Å². The Bertz CT molecular complexity index is 974. The van der Waals surface area contributed by atoms with Gasteiger partial charge in [-0.2, -0.15) is 15.8 Å². The Morgan fingerprint density at radius 3 is 1.57 bits per heavy atom. The van der Waals surface area contributed by atoms with Crippen LogP contribution in [-0.2, 0) is 0 Å². The van der Waals surface area contributed by atoms with Gasteiger partial charge >= 0.3 is 0 Å². The number of rotatable bonds is 9. The fraction of sp³-hybridized carbons (Fsp3) is 0.794. The lowest BCUT2D eigenvalue weighted by molar-refractivity contribution is 0.422. The average Bonchev–Trinajstić information content (AvgIpc) is 3.75. The first kappa shape index (κ1) is 31.2. The van der Waals surface area contributed by atoms with Gasteiger partial charge in [-0.3, -0.25) is 0 Å². The van der Waals surface area contributed by atoms with E-state index in [-0.39, 0.29) is 0 Å². The van der Waals surface area contributed by atoms with Gasteiger partial charge in [-0.15, -0.1) is 0 Å². The maximum atomic E-state index is 8.78. The van der Waals surface area contributed by atoms with Crippen LogP contribution < -0.4 is 0 Å². The molecule has 0 aliphatic heterocycles. The van der Waals surface area contributed by atoms with Gasteiger partial charge in [0.2, 0.25) is 0 Å². The number of hydrogen-bond donors (Lipinski definition) is 0. The van der Waals surface area contributed by atoms with E-state index in [0.29, 0.717) is 33.5 Å². The molecule has 0 heterocycles. The largest absolute Gasteiger partial charge is 0.198 e. The monoisotopic (exact) mass is 503 g/mol. The molecule has 0 radical (unpaired) electrons. The van der Waals surface area contributed by atoms with E-state index in [1.807, 2.05) is 6.92 Å². The summed E-state index contributed by atoms with van der Waals surface area (Å²) < 4.78 is 0. The normalized spacial score (nSPS) is 35.0. The molecule has 37 heavy (non-hydrogen) atoms. The minimum atomic E-state index is 0.336. The van der Waals surface area contributed by atoms with Crippen molar-refractivity contribution in [2.75, 3.05) is 0 Å². The molecule has 4 saturated carbocycles. The van der Waals surface area contributed by atoms with Crippen molar-refractivity contribution in [3.05, 3.63) is 23.3 Å². The van der Waals surface area contributed by atoms with Gasteiger partial charge in [0.1, 0.15) is 0 Å². The van der Waals surface area contributed by atoms with E-state index >= 15 is 0 Å². The summed E-state index contributed by atoms with van der Waals surface area (Å²) in [7, 11) is 0. The molecule has 0 spiro atoms. The predicted octanol–water partition coefficient (Wildman–Crippen LogP) is 9.93. The summed E-state index contributed by atoms with van der Waals surface area (Å²) in [5, 5.41) is 25.9. The van der Waals surface area contributed by atoms with E-state index in [4.69, 9.17) is 15.8 Å². The Balaban J connectivity index is 0.000000195. The van der Waals surface area contributed by atoms with Crippen LogP contribution in [0.15, 0.2) is 23.3 Å². The Hall–Kier alpha value is -2.05. The molecular weight excluding hydrogens is 450 g/mol. The number of nitrogens with zero attached hydrogens (tertiary/aromatic N) is 3. The van der Waals surface area contributed by atoms with E-state index in [9.17, 15) is 0 Å². The lowest BCUT2D eigenvalue weighted by Gasteiger charge is -2.09. The fourth-order valence-corrected chi connectivity index (χ4v) is 5.69. The van der Waals surface area contributed by atoms with Gasteiger partial charge in [0, 0.05) is 6.08 Å². The minimum absolute atomic E-state index is 0.336. The standard InChI is InChI=1S/C12H19N.2C11H17N/c1-11(2)6-9(11)4-5-12(3)7-10(12)8-13;1-9(6-7-12)4-5-10-8-11(10,2)3;1-9(2)5-4-6-11(3)7-10(11)8-12/h9-10H,4-7H2,1-3H3;6,10H,4-5,8H2,1-3H3;5,10H,4,6-7H2,1-3H3/b;9-6-;/t9?,10-,12?;;10-,11?/m1.1/s1. The third kappa shape index (κ3) is 9.97. The maximum Gasteiger partial charge on any atom is 0.0911 e. The van der Waals surface area contributed by atoms with Gasteiger partial charge in [0.15, 0.2) is 0 Å². The van der Waals surface area contributed by atoms with Crippen LogP contribution in [0.4, 0.5) is 0 Å². The van der Waals surface area contributed by atoms with E-state index < -0.39 is 0 Å². The molecule has 4 fully saturated rings. The maximum absolute atomic E-state index is 8.78. The van der Waals surface area contributed by atoms with Crippen molar-refractivity contribution in [3.8, 4) is 18.2 Å². The Morgan fingerprint density at radius 1 is 0.730 bits per heavy atom. The molecule has 0 aromatic rings. The molecule has 4 unspecified atom stereocenters. The fourth-order valence-electron chi connectivity index (χ4n) is 5.69. The highest BCUT2D eigenvalue weighted by Crippen LogP contribution is 2.60. The highest BCUT2D eigenvalue weighted by molar-refractivity contribution is 5.13. The highest BCUT2D eigenvalue weighted by atomic mass is 14.6. The van der Waals surface area contributed by atoms with Gasteiger partial charge in [0.25, 0.3) is 0 Å². The lowest BCUT2D eigenvalue weighted by Crippen LogP contribution is -1.99. The van der Waals surface area contributed by atoms with Crippen molar-refractivity contribution in [1.82, 2.24) is 0 Å². The van der Waals surface area contributed by atoms with Crippen LogP contribution in [0, 0.1) is 79.3 Å². The smallest absolute Gasteiger partial charge is 0.0911 e. The highest BCUT2D eigenvalue weighted by Gasteiger charge is 2.53. The molecule has 3 nitrogen and oxygen atoms in total. The van der Waals surface area contributed by atoms with Gasteiger partial charge in [0.05, 0.1) is 30.0 Å². The Morgan fingerprint density at radius 2 is 1.19 bits per heavy atom. The predicted molar refractivity (Wildman–Crippen MR) is 154 cm³/mol.